The molecule has 2 fully saturated rings. The van der Waals surface area contributed by atoms with Crippen molar-refractivity contribution < 1.29 is 17.9 Å². The maximum Gasteiger partial charge on any atom is 0.427 e. The molecule has 118 valence electrons. The van der Waals surface area contributed by atoms with E-state index in [-0.39, 0.29) is 6.10 Å². The topological polar surface area (TPSA) is 25.4 Å². The number of nitrogens with zero attached hydrogens (tertiary/aromatic N) is 2. The highest BCUT2D eigenvalue weighted by Crippen LogP contribution is 2.37. The molecular formula is C14H19F3N2OS. The van der Waals surface area contributed by atoms with Crippen LogP contribution in [-0.2, 0) is 10.9 Å². The highest BCUT2D eigenvalue weighted by molar-refractivity contribution is 7.15. The van der Waals surface area contributed by atoms with Gasteiger partial charge in [-0.25, -0.2) is 4.98 Å². The Labute approximate surface area is 126 Å². The molecule has 3 nitrogen and oxygen atoms in total. The zero-order chi connectivity index (χ0) is 14.9. The van der Waals surface area contributed by atoms with Crippen molar-refractivity contribution in [2.45, 2.75) is 56.9 Å². The predicted octanol–water partition coefficient (Wildman–Crippen LogP) is 4.09. The third-order valence-electron chi connectivity index (χ3n) is 4.17. The standard InChI is InChI=1S/C14H19F3N2OS/c15-14(16,17)12-9-18-13(21-12)19-7-5-11(6-8-19)20-10-3-1-2-4-10/h9-11H,1-8H2. The van der Waals surface area contributed by atoms with Gasteiger partial charge in [0, 0.05) is 13.1 Å². The van der Waals surface area contributed by atoms with Gasteiger partial charge in [0.15, 0.2) is 5.13 Å². The minimum Gasteiger partial charge on any atom is -0.375 e. The van der Waals surface area contributed by atoms with Gasteiger partial charge in [0.25, 0.3) is 0 Å². The molecule has 0 amide bonds. The molecule has 1 saturated carbocycles. The van der Waals surface area contributed by atoms with Crippen molar-refractivity contribution in [3.63, 3.8) is 0 Å². The summed E-state index contributed by atoms with van der Waals surface area (Å²) in [7, 11) is 0. The molecule has 21 heavy (non-hydrogen) atoms. The van der Waals surface area contributed by atoms with Crippen LogP contribution < -0.4 is 4.90 Å². The Morgan fingerprint density at radius 2 is 1.71 bits per heavy atom. The van der Waals surface area contributed by atoms with Gasteiger partial charge in [-0.1, -0.05) is 24.2 Å². The molecule has 1 aliphatic heterocycles. The molecule has 0 atom stereocenters. The number of anilines is 1. The van der Waals surface area contributed by atoms with Gasteiger partial charge >= 0.3 is 6.18 Å². The van der Waals surface area contributed by atoms with Crippen LogP contribution in [0.15, 0.2) is 6.20 Å². The van der Waals surface area contributed by atoms with E-state index in [0.717, 1.165) is 56.3 Å². The van der Waals surface area contributed by atoms with Gasteiger partial charge in [0.05, 0.1) is 18.4 Å². The third-order valence-corrected chi connectivity index (χ3v) is 5.28. The second-order valence-electron chi connectivity index (χ2n) is 5.73. The highest BCUT2D eigenvalue weighted by atomic mass is 32.1. The zero-order valence-electron chi connectivity index (χ0n) is 11.7. The van der Waals surface area contributed by atoms with Crippen LogP contribution in [0.1, 0.15) is 43.4 Å². The first-order chi connectivity index (χ1) is 10.0. The molecule has 2 aliphatic rings. The lowest BCUT2D eigenvalue weighted by Gasteiger charge is -2.33. The zero-order valence-corrected chi connectivity index (χ0v) is 12.6. The molecule has 0 aromatic carbocycles. The normalized spacial score (nSPS) is 22.1. The number of hydrogen-bond acceptors (Lipinski definition) is 4. The number of ether oxygens (including phenoxy) is 1. The largest absolute Gasteiger partial charge is 0.427 e. The maximum absolute atomic E-state index is 12.6. The Morgan fingerprint density at radius 1 is 1.10 bits per heavy atom. The van der Waals surface area contributed by atoms with E-state index in [1.54, 1.807) is 0 Å². The number of halogens is 3. The molecule has 0 bridgehead atoms. The molecule has 0 radical (unpaired) electrons. The summed E-state index contributed by atoms with van der Waals surface area (Å²) in [5.41, 5.74) is 0. The Bertz CT molecular complexity index is 463. The lowest BCUT2D eigenvalue weighted by atomic mass is 10.1. The summed E-state index contributed by atoms with van der Waals surface area (Å²) in [6, 6.07) is 0. The average Bonchev–Trinajstić information content (AvgIpc) is 3.09. The van der Waals surface area contributed by atoms with Crippen LogP contribution in [0.2, 0.25) is 0 Å². The lowest BCUT2D eigenvalue weighted by Crippen LogP contribution is -2.38. The summed E-state index contributed by atoms with van der Waals surface area (Å²) < 4.78 is 43.8. The Hall–Kier alpha value is -0.820. The number of aromatic nitrogens is 1. The second kappa shape index (κ2) is 6.12. The first-order valence-corrected chi connectivity index (χ1v) is 8.27. The van der Waals surface area contributed by atoms with Crippen molar-refractivity contribution >= 4 is 16.5 Å². The maximum atomic E-state index is 12.6. The molecule has 1 saturated heterocycles. The minimum atomic E-state index is -4.29. The predicted molar refractivity (Wildman–Crippen MR) is 75.7 cm³/mol. The Morgan fingerprint density at radius 3 is 2.29 bits per heavy atom. The van der Waals surface area contributed by atoms with E-state index in [0.29, 0.717) is 11.2 Å². The van der Waals surface area contributed by atoms with Crippen molar-refractivity contribution in [3.8, 4) is 0 Å². The molecule has 0 spiro atoms. The summed E-state index contributed by atoms with van der Waals surface area (Å²) in [5.74, 6) is 0. The monoisotopic (exact) mass is 320 g/mol. The molecule has 1 aliphatic carbocycles. The summed E-state index contributed by atoms with van der Waals surface area (Å²) in [6.45, 7) is 1.45. The van der Waals surface area contributed by atoms with E-state index >= 15 is 0 Å². The van der Waals surface area contributed by atoms with Gasteiger partial charge in [-0.05, 0) is 25.7 Å². The number of thiazole rings is 1. The molecule has 3 rings (SSSR count). The van der Waals surface area contributed by atoms with E-state index in [1.807, 2.05) is 4.90 Å². The molecule has 7 heteroatoms. The third kappa shape index (κ3) is 3.69. The van der Waals surface area contributed by atoms with Crippen molar-refractivity contribution in [1.82, 2.24) is 4.98 Å². The van der Waals surface area contributed by atoms with Crippen molar-refractivity contribution in [2.75, 3.05) is 18.0 Å². The Kier molecular flexibility index (Phi) is 4.40. The van der Waals surface area contributed by atoms with E-state index < -0.39 is 11.1 Å². The summed E-state index contributed by atoms with van der Waals surface area (Å²) in [4.78, 5) is 5.23. The number of hydrogen-bond donors (Lipinski definition) is 0. The number of rotatable bonds is 3. The Balaban J connectivity index is 1.52. The van der Waals surface area contributed by atoms with Crippen molar-refractivity contribution in [1.29, 1.82) is 0 Å². The minimum absolute atomic E-state index is 0.256. The summed E-state index contributed by atoms with van der Waals surface area (Å²) in [5, 5.41) is 0.474. The van der Waals surface area contributed by atoms with Crippen LogP contribution in [0.3, 0.4) is 0 Å². The molecule has 2 heterocycles. The van der Waals surface area contributed by atoms with Gasteiger partial charge in [-0.2, -0.15) is 13.2 Å². The van der Waals surface area contributed by atoms with Crippen LogP contribution in [0.4, 0.5) is 18.3 Å². The average molecular weight is 320 g/mol. The van der Waals surface area contributed by atoms with E-state index in [9.17, 15) is 13.2 Å². The molecule has 1 aromatic heterocycles. The lowest BCUT2D eigenvalue weighted by molar-refractivity contribution is -0.134. The molecule has 1 aromatic rings. The van der Waals surface area contributed by atoms with Crippen LogP contribution in [0.25, 0.3) is 0 Å². The van der Waals surface area contributed by atoms with Crippen molar-refractivity contribution in [3.05, 3.63) is 11.1 Å². The first-order valence-electron chi connectivity index (χ1n) is 7.46. The quantitative estimate of drug-likeness (QED) is 0.839. The summed E-state index contributed by atoms with van der Waals surface area (Å²) >= 11 is 0.729. The van der Waals surface area contributed by atoms with Crippen LogP contribution in [0.5, 0.6) is 0 Å². The molecule has 0 unspecified atom stereocenters. The smallest absolute Gasteiger partial charge is 0.375 e. The van der Waals surface area contributed by atoms with E-state index in [2.05, 4.69) is 4.98 Å². The fourth-order valence-electron chi connectivity index (χ4n) is 3.02. The van der Waals surface area contributed by atoms with Crippen molar-refractivity contribution in [2.24, 2.45) is 0 Å². The fraction of sp³-hybridized carbons (Fsp3) is 0.786. The number of alkyl halides is 3. The van der Waals surface area contributed by atoms with E-state index in [4.69, 9.17) is 4.74 Å². The van der Waals surface area contributed by atoms with Crippen LogP contribution >= 0.6 is 11.3 Å². The SMILES string of the molecule is FC(F)(F)c1cnc(N2CCC(OC3CCCC3)CC2)s1. The van der Waals surface area contributed by atoms with Gasteiger partial charge in [0.2, 0.25) is 0 Å². The number of piperidine rings is 1. The second-order valence-corrected chi connectivity index (χ2v) is 6.74. The van der Waals surface area contributed by atoms with Gasteiger partial charge in [0.1, 0.15) is 4.88 Å². The van der Waals surface area contributed by atoms with Crippen LogP contribution in [0, 0.1) is 0 Å². The molecule has 0 N–H and O–H groups in total. The van der Waals surface area contributed by atoms with Gasteiger partial charge < -0.3 is 9.64 Å². The van der Waals surface area contributed by atoms with Gasteiger partial charge in [-0.15, -0.1) is 0 Å². The van der Waals surface area contributed by atoms with Crippen LogP contribution in [-0.4, -0.2) is 30.3 Å². The van der Waals surface area contributed by atoms with E-state index in [1.165, 1.54) is 12.8 Å². The first kappa shape index (κ1) is 15.1. The highest BCUT2D eigenvalue weighted by Gasteiger charge is 2.34. The molecular weight excluding hydrogens is 301 g/mol. The fourth-order valence-corrected chi connectivity index (χ4v) is 3.86. The summed E-state index contributed by atoms with van der Waals surface area (Å²) in [6.07, 6.45) is 3.86. The van der Waals surface area contributed by atoms with Gasteiger partial charge in [-0.3, -0.25) is 0 Å².